The molecule has 2 heteroatoms. The van der Waals surface area contributed by atoms with E-state index in [4.69, 9.17) is 4.52 Å². The molecular formula is C7H10NO. The second-order valence-electron chi connectivity index (χ2n) is 2.17. The Kier molecular flexibility index (Phi) is 1.88. The first-order chi connectivity index (χ1) is 4.34. The van der Waals surface area contributed by atoms with Gasteiger partial charge in [0, 0.05) is 12.0 Å². The summed E-state index contributed by atoms with van der Waals surface area (Å²) in [6.07, 6.45) is 3.71. The smallest absolute Gasteiger partial charge is 0.140 e. The monoisotopic (exact) mass is 124 g/mol. The van der Waals surface area contributed by atoms with Crippen molar-refractivity contribution in [3.05, 3.63) is 18.0 Å². The molecule has 0 spiro atoms. The van der Waals surface area contributed by atoms with Crippen molar-refractivity contribution in [1.29, 1.82) is 0 Å². The normalized spacial score (nSPS) is 13.6. The Balaban J connectivity index is 2.65. The third-order valence-corrected chi connectivity index (χ3v) is 1.51. The van der Waals surface area contributed by atoms with Crippen molar-refractivity contribution in [2.75, 3.05) is 0 Å². The van der Waals surface area contributed by atoms with Crippen molar-refractivity contribution in [1.82, 2.24) is 5.16 Å². The highest BCUT2D eigenvalue weighted by atomic mass is 16.5. The Bertz CT molecular complexity index is 157. The van der Waals surface area contributed by atoms with Gasteiger partial charge in [-0.05, 0) is 6.42 Å². The van der Waals surface area contributed by atoms with Crippen molar-refractivity contribution in [3.8, 4) is 0 Å². The predicted molar refractivity (Wildman–Crippen MR) is 34.0 cm³/mol. The number of hydrogen-bond donors (Lipinski definition) is 0. The zero-order valence-corrected chi connectivity index (χ0v) is 5.72. The van der Waals surface area contributed by atoms with Crippen LogP contribution in [0.4, 0.5) is 0 Å². The summed E-state index contributed by atoms with van der Waals surface area (Å²) in [4.78, 5) is 0. The van der Waals surface area contributed by atoms with Gasteiger partial charge < -0.3 is 4.52 Å². The van der Waals surface area contributed by atoms with Crippen LogP contribution in [0.5, 0.6) is 0 Å². The quantitative estimate of drug-likeness (QED) is 0.602. The molecule has 1 atom stereocenters. The Hall–Kier alpha value is -0.790. The molecule has 0 bridgehead atoms. The maximum absolute atomic E-state index is 4.88. The van der Waals surface area contributed by atoms with Crippen LogP contribution in [0.2, 0.25) is 0 Å². The van der Waals surface area contributed by atoms with Crippen molar-refractivity contribution in [2.24, 2.45) is 0 Å². The van der Waals surface area contributed by atoms with E-state index in [9.17, 15) is 0 Å². The Morgan fingerprint density at radius 3 is 3.11 bits per heavy atom. The van der Waals surface area contributed by atoms with Gasteiger partial charge in [0.05, 0.1) is 0 Å². The molecule has 49 valence electrons. The summed E-state index contributed by atoms with van der Waals surface area (Å²) in [6.45, 7) is 4.22. The highest BCUT2D eigenvalue weighted by molar-refractivity contribution is 4.98. The zero-order valence-electron chi connectivity index (χ0n) is 5.72. The molecule has 0 saturated heterocycles. The maximum Gasteiger partial charge on any atom is 0.140 e. The summed E-state index contributed by atoms with van der Waals surface area (Å²) < 4.78 is 4.88. The number of aromatic nitrogens is 1. The third-order valence-electron chi connectivity index (χ3n) is 1.51. The average Bonchev–Trinajstić information content (AvgIpc) is 2.37. The topological polar surface area (TPSA) is 26.0 Å². The zero-order chi connectivity index (χ0) is 6.69. The molecule has 0 amide bonds. The maximum atomic E-state index is 4.88. The molecule has 9 heavy (non-hydrogen) atoms. The minimum atomic E-state index is 0.476. The van der Waals surface area contributed by atoms with E-state index in [1.807, 2.05) is 0 Å². The summed E-state index contributed by atoms with van der Waals surface area (Å²) in [5, 5.41) is 3.49. The van der Waals surface area contributed by atoms with Gasteiger partial charge in [-0.25, -0.2) is 0 Å². The van der Waals surface area contributed by atoms with Crippen molar-refractivity contribution >= 4 is 0 Å². The molecule has 0 aliphatic rings. The molecule has 1 radical (unpaired) electrons. The lowest BCUT2D eigenvalue weighted by molar-refractivity contribution is 0.362. The standard InChI is InChI=1S/C7H10NO/c1-3-6(2)7-4-5-8-9-7/h4,6H,3H2,1-2H3. The van der Waals surface area contributed by atoms with Gasteiger partial charge in [-0.15, -0.1) is 0 Å². The fraction of sp³-hybridized carbons (Fsp3) is 0.571. The molecule has 0 aromatic carbocycles. The van der Waals surface area contributed by atoms with Gasteiger partial charge >= 0.3 is 0 Å². The largest absolute Gasteiger partial charge is 0.360 e. The fourth-order valence-corrected chi connectivity index (χ4v) is 0.629. The van der Waals surface area contributed by atoms with Crippen LogP contribution in [-0.2, 0) is 0 Å². The van der Waals surface area contributed by atoms with E-state index in [1.54, 1.807) is 6.07 Å². The van der Waals surface area contributed by atoms with Gasteiger partial charge in [-0.1, -0.05) is 19.0 Å². The van der Waals surface area contributed by atoms with Gasteiger partial charge in [0.25, 0.3) is 0 Å². The lowest BCUT2D eigenvalue weighted by Crippen LogP contribution is -1.86. The van der Waals surface area contributed by atoms with Crippen LogP contribution >= 0.6 is 0 Å². The molecule has 1 rings (SSSR count). The minimum Gasteiger partial charge on any atom is -0.360 e. The minimum absolute atomic E-state index is 0.476. The first kappa shape index (κ1) is 6.33. The molecule has 1 aromatic rings. The second kappa shape index (κ2) is 2.67. The molecule has 1 aromatic heterocycles. The third kappa shape index (κ3) is 1.31. The summed E-state index contributed by atoms with van der Waals surface area (Å²) in [5.74, 6) is 1.40. The van der Waals surface area contributed by atoms with Crippen LogP contribution in [0.3, 0.4) is 0 Å². The average molecular weight is 124 g/mol. The van der Waals surface area contributed by atoms with E-state index in [1.165, 1.54) is 0 Å². The molecule has 2 nitrogen and oxygen atoms in total. The highest BCUT2D eigenvalue weighted by Crippen LogP contribution is 2.16. The lowest BCUT2D eigenvalue weighted by atomic mass is 10.1. The van der Waals surface area contributed by atoms with Crippen LogP contribution in [0.1, 0.15) is 31.9 Å². The van der Waals surface area contributed by atoms with E-state index in [0.29, 0.717) is 5.92 Å². The Morgan fingerprint density at radius 1 is 1.89 bits per heavy atom. The molecule has 0 fully saturated rings. The predicted octanol–water partition coefficient (Wildman–Crippen LogP) is 1.99. The number of rotatable bonds is 2. The van der Waals surface area contributed by atoms with Gasteiger partial charge in [-0.2, -0.15) is 0 Å². The van der Waals surface area contributed by atoms with Gasteiger partial charge in [0.1, 0.15) is 12.0 Å². The molecule has 0 N–H and O–H groups in total. The van der Waals surface area contributed by atoms with Crippen molar-refractivity contribution < 1.29 is 4.52 Å². The number of nitrogens with zero attached hydrogens (tertiary/aromatic N) is 1. The molecule has 1 unspecified atom stereocenters. The van der Waals surface area contributed by atoms with E-state index < -0.39 is 0 Å². The lowest BCUT2D eigenvalue weighted by Gasteiger charge is -1.99. The second-order valence-corrected chi connectivity index (χ2v) is 2.17. The van der Waals surface area contributed by atoms with Crippen molar-refractivity contribution in [3.63, 3.8) is 0 Å². The van der Waals surface area contributed by atoms with E-state index in [-0.39, 0.29) is 0 Å². The van der Waals surface area contributed by atoms with Crippen LogP contribution in [0.25, 0.3) is 0 Å². The molecule has 1 heterocycles. The summed E-state index contributed by atoms with van der Waals surface area (Å²) >= 11 is 0. The first-order valence-corrected chi connectivity index (χ1v) is 3.17. The van der Waals surface area contributed by atoms with Crippen LogP contribution < -0.4 is 0 Å². The van der Waals surface area contributed by atoms with Gasteiger partial charge in [-0.3, -0.25) is 0 Å². The molecule has 0 aliphatic carbocycles. The first-order valence-electron chi connectivity index (χ1n) is 3.17. The SMILES string of the molecule is CCC(C)c1c[c]no1. The summed E-state index contributed by atoms with van der Waals surface area (Å²) in [7, 11) is 0. The highest BCUT2D eigenvalue weighted by Gasteiger charge is 2.04. The molecule has 0 saturated carbocycles. The van der Waals surface area contributed by atoms with Crippen LogP contribution in [0.15, 0.2) is 10.6 Å². The van der Waals surface area contributed by atoms with Crippen molar-refractivity contribution in [2.45, 2.75) is 26.2 Å². The Morgan fingerprint density at radius 2 is 2.67 bits per heavy atom. The summed E-state index contributed by atoms with van der Waals surface area (Å²) in [6, 6.07) is 1.79. The van der Waals surface area contributed by atoms with Crippen LogP contribution in [0, 0.1) is 6.20 Å². The molecular weight excluding hydrogens is 114 g/mol. The Labute approximate surface area is 54.9 Å². The van der Waals surface area contributed by atoms with E-state index in [0.717, 1.165) is 12.2 Å². The fourth-order valence-electron chi connectivity index (χ4n) is 0.629. The summed E-state index contributed by atoms with van der Waals surface area (Å²) in [5.41, 5.74) is 0. The number of hydrogen-bond acceptors (Lipinski definition) is 2. The van der Waals surface area contributed by atoms with Crippen LogP contribution in [-0.4, -0.2) is 5.16 Å². The molecule has 0 aliphatic heterocycles. The van der Waals surface area contributed by atoms with Gasteiger partial charge in [0.2, 0.25) is 0 Å². The van der Waals surface area contributed by atoms with Gasteiger partial charge in [0.15, 0.2) is 0 Å². The van der Waals surface area contributed by atoms with E-state index in [2.05, 4.69) is 25.2 Å². The van der Waals surface area contributed by atoms with E-state index >= 15 is 0 Å².